The molecule has 4 nitrogen and oxygen atoms in total. The highest BCUT2D eigenvalue weighted by molar-refractivity contribution is 5.69. The van der Waals surface area contributed by atoms with Crippen LogP contribution in [-0.4, -0.2) is 28.7 Å². The van der Waals surface area contributed by atoms with Crippen LogP contribution in [0.5, 0.6) is 0 Å². The van der Waals surface area contributed by atoms with Crippen LogP contribution in [0.1, 0.15) is 18.4 Å². The van der Waals surface area contributed by atoms with E-state index < -0.39 is 6.09 Å². The molecule has 0 bridgehead atoms. The molecule has 0 spiro atoms. The first-order valence-electron chi connectivity index (χ1n) is 6.08. The fourth-order valence-electron chi connectivity index (χ4n) is 1.92. The zero-order chi connectivity index (χ0) is 12.8. The molecule has 1 N–H and O–H groups in total. The molecule has 1 heterocycles. The fraction of sp³-hybridized carbons (Fsp3) is 0.357. The second-order valence-corrected chi connectivity index (χ2v) is 4.25. The van der Waals surface area contributed by atoms with Gasteiger partial charge in [0.2, 0.25) is 0 Å². The van der Waals surface area contributed by atoms with Gasteiger partial charge in [0.25, 0.3) is 0 Å². The number of carbonyl (C=O) groups excluding carboxylic acids is 1. The monoisotopic (exact) mass is 247 g/mol. The quantitative estimate of drug-likeness (QED) is 0.891. The van der Waals surface area contributed by atoms with Gasteiger partial charge in [-0.25, -0.2) is 4.79 Å². The van der Waals surface area contributed by atoms with E-state index in [-0.39, 0.29) is 19.3 Å². The molecule has 18 heavy (non-hydrogen) atoms. The van der Waals surface area contributed by atoms with Crippen molar-refractivity contribution in [1.82, 2.24) is 4.90 Å². The van der Waals surface area contributed by atoms with Crippen LogP contribution in [0.25, 0.3) is 0 Å². The van der Waals surface area contributed by atoms with Crippen molar-refractivity contribution in [2.75, 3.05) is 6.61 Å². The van der Waals surface area contributed by atoms with Crippen molar-refractivity contribution >= 4 is 6.09 Å². The standard InChI is InChI=1S/C14H17NO3/c16-10-13-8-4-5-9-15(13)14(17)18-11-12-6-2-1-3-7-12/h1-3,5-7,9,13,16H,4,8,10-11H2. The first-order valence-corrected chi connectivity index (χ1v) is 6.08. The molecule has 0 saturated carbocycles. The lowest BCUT2D eigenvalue weighted by Crippen LogP contribution is -2.40. The first-order chi connectivity index (χ1) is 8.81. The molecule has 96 valence electrons. The van der Waals surface area contributed by atoms with E-state index in [9.17, 15) is 9.90 Å². The third kappa shape index (κ3) is 3.11. The van der Waals surface area contributed by atoms with Gasteiger partial charge in [0.15, 0.2) is 0 Å². The predicted octanol–water partition coefficient (Wildman–Crippen LogP) is 2.29. The van der Waals surface area contributed by atoms with E-state index in [0.29, 0.717) is 0 Å². The minimum atomic E-state index is -0.408. The van der Waals surface area contributed by atoms with E-state index >= 15 is 0 Å². The Morgan fingerprint density at radius 3 is 2.89 bits per heavy atom. The van der Waals surface area contributed by atoms with Crippen LogP contribution in [0.2, 0.25) is 0 Å². The highest BCUT2D eigenvalue weighted by atomic mass is 16.6. The lowest BCUT2D eigenvalue weighted by molar-refractivity contribution is 0.0800. The van der Waals surface area contributed by atoms with Gasteiger partial charge in [-0.2, -0.15) is 0 Å². The first kappa shape index (κ1) is 12.6. The summed E-state index contributed by atoms with van der Waals surface area (Å²) in [5, 5.41) is 9.21. The van der Waals surface area contributed by atoms with Crippen molar-refractivity contribution in [2.24, 2.45) is 0 Å². The van der Waals surface area contributed by atoms with Crippen molar-refractivity contribution < 1.29 is 14.6 Å². The number of aliphatic hydroxyl groups excluding tert-OH is 1. The number of aliphatic hydroxyl groups is 1. The Kier molecular flexibility index (Phi) is 4.36. The molecule has 1 aliphatic rings. The summed E-state index contributed by atoms with van der Waals surface area (Å²) in [7, 11) is 0. The van der Waals surface area contributed by atoms with Gasteiger partial charge in [-0.1, -0.05) is 36.4 Å². The van der Waals surface area contributed by atoms with Gasteiger partial charge in [-0.05, 0) is 18.4 Å². The van der Waals surface area contributed by atoms with Crippen molar-refractivity contribution in [3.8, 4) is 0 Å². The SMILES string of the molecule is O=C(OCc1ccccc1)N1C=CCCC1CO. The van der Waals surface area contributed by atoms with Crippen LogP contribution in [0.15, 0.2) is 42.6 Å². The number of rotatable bonds is 3. The average Bonchev–Trinajstić information content (AvgIpc) is 2.45. The van der Waals surface area contributed by atoms with Crippen LogP contribution in [0.3, 0.4) is 0 Å². The Balaban J connectivity index is 1.91. The molecule has 0 radical (unpaired) electrons. The Labute approximate surface area is 106 Å². The highest BCUT2D eigenvalue weighted by Gasteiger charge is 2.24. The number of carbonyl (C=O) groups is 1. The summed E-state index contributed by atoms with van der Waals surface area (Å²) in [6.45, 7) is 0.215. The van der Waals surface area contributed by atoms with Crippen LogP contribution in [0, 0.1) is 0 Å². The number of allylic oxidation sites excluding steroid dienone is 1. The Morgan fingerprint density at radius 1 is 1.39 bits per heavy atom. The molecule has 0 fully saturated rings. The van der Waals surface area contributed by atoms with E-state index in [4.69, 9.17) is 4.74 Å². The maximum atomic E-state index is 11.9. The number of ether oxygens (including phenoxy) is 1. The number of amides is 1. The summed E-state index contributed by atoms with van der Waals surface area (Å²) in [6, 6.07) is 9.37. The van der Waals surface area contributed by atoms with E-state index in [2.05, 4.69) is 0 Å². The molecule has 4 heteroatoms. The van der Waals surface area contributed by atoms with Gasteiger partial charge in [-0.3, -0.25) is 4.90 Å². The van der Waals surface area contributed by atoms with Gasteiger partial charge in [0.1, 0.15) is 6.61 Å². The zero-order valence-corrected chi connectivity index (χ0v) is 10.2. The molecule has 0 aliphatic carbocycles. The molecule has 1 unspecified atom stereocenters. The van der Waals surface area contributed by atoms with Gasteiger partial charge in [-0.15, -0.1) is 0 Å². The molecule has 0 aromatic heterocycles. The van der Waals surface area contributed by atoms with Gasteiger partial charge in [0, 0.05) is 6.20 Å². The van der Waals surface area contributed by atoms with E-state index in [1.807, 2.05) is 36.4 Å². The maximum Gasteiger partial charge on any atom is 0.414 e. The molecule has 1 aromatic carbocycles. The second-order valence-electron chi connectivity index (χ2n) is 4.25. The number of hydrogen-bond donors (Lipinski definition) is 1. The molecule has 1 atom stereocenters. The average molecular weight is 247 g/mol. The molecular weight excluding hydrogens is 230 g/mol. The lowest BCUT2D eigenvalue weighted by Gasteiger charge is -2.29. The molecule has 1 amide bonds. The van der Waals surface area contributed by atoms with Crippen LogP contribution >= 0.6 is 0 Å². The summed E-state index contributed by atoms with van der Waals surface area (Å²) in [5.41, 5.74) is 0.951. The van der Waals surface area contributed by atoms with Crippen molar-refractivity contribution in [3.05, 3.63) is 48.2 Å². The smallest absolute Gasteiger partial charge is 0.414 e. The topological polar surface area (TPSA) is 49.8 Å². The summed E-state index contributed by atoms with van der Waals surface area (Å²) in [4.78, 5) is 13.3. The van der Waals surface area contributed by atoms with Crippen LogP contribution in [0.4, 0.5) is 4.79 Å². The third-order valence-electron chi connectivity index (χ3n) is 2.95. The maximum absolute atomic E-state index is 11.9. The number of nitrogens with zero attached hydrogens (tertiary/aromatic N) is 1. The van der Waals surface area contributed by atoms with Crippen molar-refractivity contribution in [3.63, 3.8) is 0 Å². The minimum absolute atomic E-state index is 0.0369. The summed E-state index contributed by atoms with van der Waals surface area (Å²) < 4.78 is 5.22. The lowest BCUT2D eigenvalue weighted by atomic mass is 10.1. The molecular formula is C14H17NO3. The summed E-state index contributed by atoms with van der Waals surface area (Å²) >= 11 is 0. The molecule has 2 rings (SSSR count). The molecule has 1 aromatic rings. The number of hydrogen-bond acceptors (Lipinski definition) is 3. The molecule has 0 saturated heterocycles. The third-order valence-corrected chi connectivity index (χ3v) is 2.95. The summed E-state index contributed by atoms with van der Waals surface area (Å²) in [5.74, 6) is 0. The zero-order valence-electron chi connectivity index (χ0n) is 10.2. The second kappa shape index (κ2) is 6.21. The number of benzene rings is 1. The fourth-order valence-corrected chi connectivity index (χ4v) is 1.92. The van der Waals surface area contributed by atoms with E-state index in [1.165, 1.54) is 4.90 Å². The highest BCUT2D eigenvalue weighted by Crippen LogP contribution is 2.16. The Bertz CT molecular complexity index is 416. The van der Waals surface area contributed by atoms with Gasteiger partial charge < -0.3 is 9.84 Å². The van der Waals surface area contributed by atoms with E-state index in [0.717, 1.165) is 18.4 Å². The van der Waals surface area contributed by atoms with Crippen LogP contribution in [-0.2, 0) is 11.3 Å². The summed E-state index contributed by atoms with van der Waals surface area (Å²) in [6.07, 6.45) is 4.85. The van der Waals surface area contributed by atoms with Gasteiger partial charge >= 0.3 is 6.09 Å². The minimum Gasteiger partial charge on any atom is -0.444 e. The normalized spacial score (nSPS) is 18.7. The Hall–Kier alpha value is -1.81. The largest absolute Gasteiger partial charge is 0.444 e. The van der Waals surface area contributed by atoms with Crippen molar-refractivity contribution in [2.45, 2.75) is 25.5 Å². The van der Waals surface area contributed by atoms with Crippen LogP contribution < -0.4 is 0 Å². The van der Waals surface area contributed by atoms with Crippen molar-refractivity contribution in [1.29, 1.82) is 0 Å². The predicted molar refractivity (Wildman–Crippen MR) is 67.7 cm³/mol. The Morgan fingerprint density at radius 2 is 2.17 bits per heavy atom. The van der Waals surface area contributed by atoms with Gasteiger partial charge in [0.05, 0.1) is 12.6 Å². The molecule has 1 aliphatic heterocycles. The van der Waals surface area contributed by atoms with E-state index in [1.54, 1.807) is 6.20 Å².